The lowest BCUT2D eigenvalue weighted by molar-refractivity contribution is -0.121. The molecule has 0 aliphatic carbocycles. The maximum Gasteiger partial charge on any atom is 0.220 e. The molecule has 3 heteroatoms. The van der Waals surface area contributed by atoms with Crippen LogP contribution in [0.3, 0.4) is 0 Å². The molecule has 0 radical (unpaired) electrons. The molecule has 0 saturated heterocycles. The second-order valence-corrected chi connectivity index (χ2v) is 6.89. The van der Waals surface area contributed by atoms with E-state index in [9.17, 15) is 4.79 Å². The number of carbonyl (C=O) groups is 1. The van der Waals surface area contributed by atoms with Gasteiger partial charge in [0, 0.05) is 13.0 Å². The maximum absolute atomic E-state index is 12.4. The molecular weight excluding hydrogens is 308 g/mol. The number of rotatable bonds is 8. The Morgan fingerprint density at radius 1 is 1.00 bits per heavy atom. The fourth-order valence-corrected chi connectivity index (χ4v) is 3.03. The third-order valence-corrected chi connectivity index (χ3v) is 4.75. The Morgan fingerprint density at radius 3 is 2.20 bits per heavy atom. The molecule has 2 aromatic carbocycles. The van der Waals surface area contributed by atoms with Crippen molar-refractivity contribution in [2.75, 3.05) is 20.6 Å². The number of amides is 1. The van der Waals surface area contributed by atoms with Gasteiger partial charge in [-0.15, -0.1) is 0 Å². The van der Waals surface area contributed by atoms with Gasteiger partial charge in [0.1, 0.15) is 0 Å². The number of nitrogens with one attached hydrogen (secondary N) is 1. The third-order valence-electron chi connectivity index (χ3n) is 4.75. The second-order valence-electron chi connectivity index (χ2n) is 6.89. The first-order valence-electron chi connectivity index (χ1n) is 9.08. The Hall–Kier alpha value is -2.13. The number of aryl methyl sites for hydroxylation is 1. The van der Waals surface area contributed by atoms with Gasteiger partial charge in [-0.2, -0.15) is 0 Å². The number of carbonyl (C=O) groups excluding carboxylic acids is 1. The highest BCUT2D eigenvalue weighted by Gasteiger charge is 2.17. The van der Waals surface area contributed by atoms with Gasteiger partial charge in [0.05, 0.1) is 6.04 Å². The summed E-state index contributed by atoms with van der Waals surface area (Å²) in [7, 11) is 4.11. The minimum absolute atomic E-state index is 0.105. The van der Waals surface area contributed by atoms with E-state index in [0.717, 1.165) is 6.42 Å². The third kappa shape index (κ3) is 5.71. The molecule has 25 heavy (non-hydrogen) atoms. The molecule has 0 spiro atoms. The zero-order valence-electron chi connectivity index (χ0n) is 15.8. The van der Waals surface area contributed by atoms with Gasteiger partial charge < -0.3 is 10.2 Å². The quantitative estimate of drug-likeness (QED) is 0.784. The lowest BCUT2D eigenvalue weighted by Gasteiger charge is -2.25. The molecule has 1 N–H and O–H groups in total. The molecule has 2 unspecified atom stereocenters. The molecule has 0 heterocycles. The first-order chi connectivity index (χ1) is 12.0. The van der Waals surface area contributed by atoms with Crippen molar-refractivity contribution in [1.29, 1.82) is 0 Å². The summed E-state index contributed by atoms with van der Waals surface area (Å²) in [4.78, 5) is 14.5. The molecule has 0 bridgehead atoms. The highest BCUT2D eigenvalue weighted by atomic mass is 16.1. The van der Waals surface area contributed by atoms with Crippen molar-refractivity contribution < 1.29 is 4.79 Å². The van der Waals surface area contributed by atoms with Crippen LogP contribution in [-0.4, -0.2) is 31.4 Å². The summed E-state index contributed by atoms with van der Waals surface area (Å²) < 4.78 is 0. The van der Waals surface area contributed by atoms with Gasteiger partial charge in [-0.05, 0) is 43.1 Å². The van der Waals surface area contributed by atoms with Crippen LogP contribution >= 0.6 is 0 Å². The van der Waals surface area contributed by atoms with E-state index in [0.29, 0.717) is 13.0 Å². The van der Waals surface area contributed by atoms with Crippen molar-refractivity contribution in [3.8, 4) is 0 Å². The van der Waals surface area contributed by atoms with Crippen LogP contribution in [0.2, 0.25) is 0 Å². The van der Waals surface area contributed by atoms with Gasteiger partial charge in [0.15, 0.2) is 0 Å². The molecule has 0 aliphatic heterocycles. The Balaban J connectivity index is 1.92. The van der Waals surface area contributed by atoms with E-state index in [1.54, 1.807) is 0 Å². The minimum Gasteiger partial charge on any atom is -0.354 e. The van der Waals surface area contributed by atoms with Gasteiger partial charge in [-0.1, -0.05) is 68.4 Å². The summed E-state index contributed by atoms with van der Waals surface area (Å²) >= 11 is 0. The summed E-state index contributed by atoms with van der Waals surface area (Å²) in [5.41, 5.74) is 3.78. The summed E-state index contributed by atoms with van der Waals surface area (Å²) in [6, 6.07) is 19.1. The number of benzene rings is 2. The monoisotopic (exact) mass is 338 g/mol. The van der Waals surface area contributed by atoms with Gasteiger partial charge in [0.25, 0.3) is 0 Å². The van der Waals surface area contributed by atoms with Gasteiger partial charge >= 0.3 is 0 Å². The number of hydrogen-bond donors (Lipinski definition) is 1. The summed E-state index contributed by atoms with van der Waals surface area (Å²) in [6.07, 6.45) is 1.56. The molecule has 0 fully saturated rings. The normalized spacial score (nSPS) is 13.5. The Morgan fingerprint density at radius 2 is 1.64 bits per heavy atom. The molecule has 134 valence electrons. The van der Waals surface area contributed by atoms with Crippen molar-refractivity contribution >= 4 is 5.91 Å². The Labute approximate surface area is 152 Å². The highest BCUT2D eigenvalue weighted by Crippen LogP contribution is 2.20. The summed E-state index contributed by atoms with van der Waals surface area (Å²) in [5, 5.41) is 3.11. The maximum atomic E-state index is 12.4. The largest absolute Gasteiger partial charge is 0.354 e. The van der Waals surface area contributed by atoms with Crippen molar-refractivity contribution in [2.24, 2.45) is 0 Å². The second kappa shape index (κ2) is 9.38. The molecule has 3 nitrogen and oxygen atoms in total. The number of hydrogen-bond acceptors (Lipinski definition) is 2. The molecule has 0 saturated carbocycles. The molecular formula is C22H30N2O. The number of likely N-dealkylation sites (N-methyl/N-ethyl adjacent to an activating group) is 1. The standard InChI is InChI=1S/C22H30N2O/c1-5-18-11-13-20(14-12-18)21(24(3)4)16-23-22(25)15-17(2)19-9-7-6-8-10-19/h6-14,17,21H,5,15-16H2,1-4H3,(H,23,25). The van der Waals surface area contributed by atoms with E-state index in [-0.39, 0.29) is 17.9 Å². The van der Waals surface area contributed by atoms with Crippen LogP contribution in [0.1, 0.15) is 48.9 Å². The lowest BCUT2D eigenvalue weighted by atomic mass is 9.97. The van der Waals surface area contributed by atoms with Crippen LogP contribution in [0, 0.1) is 0 Å². The van der Waals surface area contributed by atoms with Crippen molar-refractivity contribution in [3.63, 3.8) is 0 Å². The van der Waals surface area contributed by atoms with E-state index in [1.165, 1.54) is 16.7 Å². The first-order valence-corrected chi connectivity index (χ1v) is 9.08. The van der Waals surface area contributed by atoms with Crippen molar-refractivity contribution in [2.45, 2.75) is 38.6 Å². The van der Waals surface area contributed by atoms with Crippen molar-refractivity contribution in [3.05, 3.63) is 71.3 Å². The average molecular weight is 338 g/mol. The first kappa shape index (κ1) is 19.2. The molecule has 0 aromatic heterocycles. The fourth-order valence-electron chi connectivity index (χ4n) is 3.03. The Bertz CT molecular complexity index is 649. The molecule has 2 atom stereocenters. The Kier molecular flexibility index (Phi) is 7.20. The SMILES string of the molecule is CCc1ccc(C(CNC(=O)CC(C)c2ccccc2)N(C)C)cc1. The predicted molar refractivity (Wildman–Crippen MR) is 105 cm³/mol. The van der Waals surface area contributed by atoms with Crippen LogP contribution in [0.5, 0.6) is 0 Å². The minimum atomic E-state index is 0.105. The van der Waals surface area contributed by atoms with Gasteiger partial charge in [-0.25, -0.2) is 0 Å². The zero-order valence-corrected chi connectivity index (χ0v) is 15.8. The van der Waals surface area contributed by atoms with Crippen LogP contribution in [0.25, 0.3) is 0 Å². The van der Waals surface area contributed by atoms with Crippen LogP contribution in [0.4, 0.5) is 0 Å². The van der Waals surface area contributed by atoms with Crippen LogP contribution < -0.4 is 5.32 Å². The smallest absolute Gasteiger partial charge is 0.220 e. The van der Waals surface area contributed by atoms with Gasteiger partial charge in [0.2, 0.25) is 5.91 Å². The van der Waals surface area contributed by atoms with Gasteiger partial charge in [-0.3, -0.25) is 4.79 Å². The van der Waals surface area contributed by atoms with Crippen LogP contribution in [-0.2, 0) is 11.2 Å². The predicted octanol–water partition coefficient (Wildman–Crippen LogP) is 4.16. The zero-order chi connectivity index (χ0) is 18.2. The number of nitrogens with zero attached hydrogens (tertiary/aromatic N) is 1. The topological polar surface area (TPSA) is 32.3 Å². The van der Waals surface area contributed by atoms with E-state index in [1.807, 2.05) is 18.2 Å². The summed E-state index contributed by atoms with van der Waals surface area (Å²) in [6.45, 7) is 4.88. The molecule has 2 rings (SSSR count). The summed E-state index contributed by atoms with van der Waals surface area (Å²) in [5.74, 6) is 0.330. The fraction of sp³-hybridized carbons (Fsp3) is 0.409. The highest BCUT2D eigenvalue weighted by molar-refractivity contribution is 5.76. The molecule has 2 aromatic rings. The van der Waals surface area contributed by atoms with E-state index in [4.69, 9.17) is 0 Å². The molecule has 0 aliphatic rings. The molecule has 1 amide bonds. The van der Waals surface area contributed by atoms with Crippen LogP contribution in [0.15, 0.2) is 54.6 Å². The van der Waals surface area contributed by atoms with E-state index in [2.05, 4.69) is 74.6 Å². The average Bonchev–Trinajstić information content (AvgIpc) is 2.62. The van der Waals surface area contributed by atoms with E-state index < -0.39 is 0 Å². The van der Waals surface area contributed by atoms with E-state index >= 15 is 0 Å². The van der Waals surface area contributed by atoms with Crippen molar-refractivity contribution in [1.82, 2.24) is 10.2 Å². The lowest BCUT2D eigenvalue weighted by Crippen LogP contribution is -2.35.